The predicted octanol–water partition coefficient (Wildman–Crippen LogP) is 3.72. The molecular formula is C24H27NO3. The van der Waals surface area contributed by atoms with Crippen LogP contribution in [-0.2, 0) is 27.2 Å². The Morgan fingerprint density at radius 2 is 1.46 bits per heavy atom. The van der Waals surface area contributed by atoms with Crippen molar-refractivity contribution < 1.29 is 14.3 Å². The lowest BCUT2D eigenvalue weighted by molar-refractivity contribution is -0.148. The number of nitrogens with zero attached hydrogens (tertiary/aromatic N) is 1. The Kier molecular flexibility index (Phi) is 5.47. The lowest BCUT2D eigenvalue weighted by Crippen LogP contribution is -2.41. The number of carbonyl (C=O) groups is 2. The summed E-state index contributed by atoms with van der Waals surface area (Å²) < 4.78 is 4.86. The van der Waals surface area contributed by atoms with Crippen molar-refractivity contribution in [3.63, 3.8) is 0 Å². The number of benzene rings is 2. The van der Waals surface area contributed by atoms with Crippen LogP contribution in [0.15, 0.2) is 48.5 Å². The number of ether oxygens (including phenoxy) is 1. The van der Waals surface area contributed by atoms with Gasteiger partial charge in [-0.1, -0.05) is 48.5 Å². The van der Waals surface area contributed by atoms with Crippen LogP contribution in [0.25, 0.3) is 0 Å². The lowest BCUT2D eigenvalue weighted by Gasteiger charge is -2.32. The molecule has 2 aromatic rings. The molecule has 1 aliphatic carbocycles. The molecule has 2 aliphatic rings. The van der Waals surface area contributed by atoms with Gasteiger partial charge < -0.3 is 9.64 Å². The van der Waals surface area contributed by atoms with E-state index in [4.69, 9.17) is 4.74 Å². The number of piperidine rings is 1. The number of amides is 1. The van der Waals surface area contributed by atoms with Crippen molar-refractivity contribution in [1.29, 1.82) is 0 Å². The average molecular weight is 377 g/mol. The third-order valence-electron chi connectivity index (χ3n) is 6.29. The van der Waals surface area contributed by atoms with Crippen molar-refractivity contribution in [2.45, 2.75) is 38.0 Å². The molecule has 0 N–H and O–H groups in total. The zero-order chi connectivity index (χ0) is 19.5. The van der Waals surface area contributed by atoms with Crippen molar-refractivity contribution >= 4 is 11.9 Å². The highest BCUT2D eigenvalue weighted by Crippen LogP contribution is 2.37. The summed E-state index contributed by atoms with van der Waals surface area (Å²) in [5.41, 5.74) is 5.26. The second kappa shape index (κ2) is 8.17. The van der Waals surface area contributed by atoms with E-state index in [0.29, 0.717) is 32.4 Å². The lowest BCUT2D eigenvalue weighted by atomic mass is 9.85. The van der Waals surface area contributed by atoms with Crippen molar-refractivity contribution in [1.82, 2.24) is 4.90 Å². The molecule has 1 heterocycles. The average Bonchev–Trinajstić information content (AvgIpc) is 2.91. The largest absolute Gasteiger partial charge is 0.469 e. The van der Waals surface area contributed by atoms with Crippen molar-refractivity contribution in [3.8, 4) is 0 Å². The van der Waals surface area contributed by atoms with Gasteiger partial charge in [0.15, 0.2) is 0 Å². The summed E-state index contributed by atoms with van der Waals surface area (Å²) in [5, 5.41) is 0. The minimum Gasteiger partial charge on any atom is -0.469 e. The van der Waals surface area contributed by atoms with Crippen molar-refractivity contribution in [3.05, 3.63) is 70.8 Å². The molecule has 0 saturated carbocycles. The summed E-state index contributed by atoms with van der Waals surface area (Å²) in [5.74, 6) is 0.0488. The van der Waals surface area contributed by atoms with Crippen LogP contribution < -0.4 is 0 Å². The molecule has 4 nitrogen and oxygen atoms in total. The summed E-state index contributed by atoms with van der Waals surface area (Å²) in [7, 11) is 1.43. The number of hydrogen-bond donors (Lipinski definition) is 0. The SMILES string of the molecule is COC(=O)C1CCN(C(=O)CC2c3ccccc3CCc3ccccc32)CC1. The van der Waals surface area contributed by atoms with Crippen LogP contribution >= 0.6 is 0 Å². The van der Waals surface area contributed by atoms with Gasteiger partial charge >= 0.3 is 5.97 Å². The molecule has 0 radical (unpaired) electrons. The molecule has 1 fully saturated rings. The van der Waals surface area contributed by atoms with E-state index in [0.717, 1.165) is 12.8 Å². The Morgan fingerprint density at radius 1 is 0.929 bits per heavy atom. The molecule has 0 atom stereocenters. The molecule has 1 saturated heterocycles. The summed E-state index contributed by atoms with van der Waals surface area (Å²) in [6.45, 7) is 1.27. The Bertz CT molecular complexity index is 820. The first kappa shape index (κ1) is 18.7. The van der Waals surface area contributed by atoms with Crippen LogP contribution in [0, 0.1) is 5.92 Å². The van der Waals surface area contributed by atoms with Gasteiger partial charge in [-0.2, -0.15) is 0 Å². The quantitative estimate of drug-likeness (QED) is 0.766. The number of esters is 1. The fraction of sp³-hybridized carbons (Fsp3) is 0.417. The van der Waals surface area contributed by atoms with E-state index in [9.17, 15) is 9.59 Å². The maximum Gasteiger partial charge on any atom is 0.308 e. The minimum atomic E-state index is -0.154. The second-order valence-electron chi connectivity index (χ2n) is 7.83. The van der Waals surface area contributed by atoms with Gasteiger partial charge in [0.1, 0.15) is 0 Å². The minimum absolute atomic E-state index is 0.0756. The molecule has 2 aromatic carbocycles. The Hall–Kier alpha value is -2.62. The zero-order valence-electron chi connectivity index (χ0n) is 16.4. The van der Waals surface area contributed by atoms with Gasteiger partial charge in [0.2, 0.25) is 5.91 Å². The van der Waals surface area contributed by atoms with Crippen LogP contribution in [-0.4, -0.2) is 37.0 Å². The summed E-state index contributed by atoms with van der Waals surface area (Å²) in [4.78, 5) is 26.8. The number of carbonyl (C=O) groups excluding carboxylic acids is 2. The number of likely N-dealkylation sites (tertiary alicyclic amines) is 1. The van der Waals surface area contributed by atoms with Gasteiger partial charge in [-0.25, -0.2) is 0 Å². The fourth-order valence-corrected chi connectivity index (χ4v) is 4.70. The fourth-order valence-electron chi connectivity index (χ4n) is 4.70. The highest BCUT2D eigenvalue weighted by Gasteiger charge is 2.31. The molecule has 28 heavy (non-hydrogen) atoms. The monoisotopic (exact) mass is 377 g/mol. The van der Waals surface area contributed by atoms with Gasteiger partial charge in [0.25, 0.3) is 0 Å². The summed E-state index contributed by atoms with van der Waals surface area (Å²) >= 11 is 0. The van der Waals surface area contributed by atoms with Crippen molar-refractivity contribution in [2.75, 3.05) is 20.2 Å². The zero-order valence-corrected chi connectivity index (χ0v) is 16.4. The van der Waals surface area contributed by atoms with Crippen LogP contribution in [0.5, 0.6) is 0 Å². The first-order valence-corrected chi connectivity index (χ1v) is 10.2. The highest BCUT2D eigenvalue weighted by molar-refractivity contribution is 5.79. The van der Waals surface area contributed by atoms with Gasteiger partial charge in [-0.05, 0) is 47.9 Å². The van der Waals surface area contributed by atoms with E-state index >= 15 is 0 Å². The first-order valence-electron chi connectivity index (χ1n) is 10.2. The molecule has 0 aromatic heterocycles. The first-order chi connectivity index (χ1) is 13.7. The molecule has 1 amide bonds. The third-order valence-corrected chi connectivity index (χ3v) is 6.29. The third kappa shape index (κ3) is 3.68. The van der Waals surface area contributed by atoms with Crippen LogP contribution in [0.2, 0.25) is 0 Å². The number of fused-ring (bicyclic) bond motifs is 2. The van der Waals surface area contributed by atoms with E-state index in [1.54, 1.807) is 0 Å². The molecule has 4 rings (SSSR count). The van der Waals surface area contributed by atoms with Gasteiger partial charge in [-0.15, -0.1) is 0 Å². The number of methoxy groups -OCH3 is 1. The van der Waals surface area contributed by atoms with Crippen molar-refractivity contribution in [2.24, 2.45) is 5.92 Å². The topological polar surface area (TPSA) is 46.6 Å². The summed E-state index contributed by atoms with van der Waals surface area (Å²) in [6.07, 6.45) is 3.90. The molecule has 146 valence electrons. The molecule has 0 spiro atoms. The van der Waals surface area contributed by atoms with E-state index in [1.165, 1.54) is 29.4 Å². The smallest absolute Gasteiger partial charge is 0.308 e. The van der Waals surface area contributed by atoms with E-state index in [-0.39, 0.29) is 23.7 Å². The van der Waals surface area contributed by atoms with Gasteiger partial charge in [0, 0.05) is 25.4 Å². The number of aryl methyl sites for hydroxylation is 2. The van der Waals surface area contributed by atoms with Crippen LogP contribution in [0.4, 0.5) is 0 Å². The Labute approximate surface area is 166 Å². The van der Waals surface area contributed by atoms with Crippen LogP contribution in [0.3, 0.4) is 0 Å². The van der Waals surface area contributed by atoms with E-state index < -0.39 is 0 Å². The molecule has 4 heteroatoms. The second-order valence-corrected chi connectivity index (χ2v) is 7.83. The predicted molar refractivity (Wildman–Crippen MR) is 108 cm³/mol. The maximum absolute atomic E-state index is 13.2. The van der Waals surface area contributed by atoms with Gasteiger partial charge in [0.05, 0.1) is 13.0 Å². The van der Waals surface area contributed by atoms with E-state index in [1.807, 2.05) is 4.90 Å². The number of rotatable bonds is 3. The highest BCUT2D eigenvalue weighted by atomic mass is 16.5. The normalized spacial score (nSPS) is 17.4. The standard InChI is InChI=1S/C24H27NO3/c1-28-24(27)19-12-14-25(15-13-19)23(26)16-22-20-8-4-2-6-17(20)10-11-18-7-3-5-9-21(18)22/h2-9,19,22H,10-16H2,1H3. The number of hydrogen-bond acceptors (Lipinski definition) is 3. The Balaban J connectivity index is 1.54. The molecular weight excluding hydrogens is 350 g/mol. The summed E-state index contributed by atoms with van der Waals surface area (Å²) in [6, 6.07) is 17.1. The Morgan fingerprint density at radius 3 is 2.00 bits per heavy atom. The van der Waals surface area contributed by atoms with Crippen LogP contribution in [0.1, 0.15) is 47.4 Å². The maximum atomic E-state index is 13.2. The molecule has 1 aliphatic heterocycles. The van der Waals surface area contributed by atoms with Gasteiger partial charge in [-0.3, -0.25) is 9.59 Å². The molecule has 0 bridgehead atoms. The van der Waals surface area contributed by atoms with E-state index in [2.05, 4.69) is 48.5 Å². The molecule has 0 unspecified atom stereocenters.